The monoisotopic (exact) mass is 450 g/mol. The number of hydrogen-bond acceptors (Lipinski definition) is 2. The zero-order valence-corrected chi connectivity index (χ0v) is 17.9. The van der Waals surface area contributed by atoms with Gasteiger partial charge in [-0.2, -0.15) is 26.3 Å². The van der Waals surface area contributed by atoms with Gasteiger partial charge in [-0.05, 0) is 41.7 Å². The predicted octanol–water partition coefficient (Wildman–Crippen LogP) is 4.89. The summed E-state index contributed by atoms with van der Waals surface area (Å²) in [6.45, 7) is 9.60. The molecule has 0 aromatic heterocycles. The first-order valence-electron chi connectivity index (χ1n) is 10.2. The lowest BCUT2D eigenvalue weighted by Gasteiger charge is -2.46. The molecule has 1 aromatic rings. The number of allylic oxidation sites excluding steroid dienone is 1. The molecule has 1 aliphatic carbocycles. The van der Waals surface area contributed by atoms with Gasteiger partial charge in [0.2, 0.25) is 0 Å². The highest BCUT2D eigenvalue weighted by molar-refractivity contribution is 5.63. The topological polar surface area (TPSA) is 29.5 Å². The highest BCUT2D eigenvalue weighted by Crippen LogP contribution is 2.49. The summed E-state index contributed by atoms with van der Waals surface area (Å²) in [5.41, 5.74) is -5.84. The Morgan fingerprint density at radius 3 is 2.03 bits per heavy atom. The van der Waals surface area contributed by atoms with E-state index in [1.54, 1.807) is 38.1 Å². The fraction of sp³-hybridized carbons (Fsp3) is 0.565. The van der Waals surface area contributed by atoms with Gasteiger partial charge in [-0.25, -0.2) is 0 Å². The summed E-state index contributed by atoms with van der Waals surface area (Å²) in [6, 6.07) is 7.18. The Hall–Kier alpha value is -1.80. The van der Waals surface area contributed by atoms with Gasteiger partial charge in [-0.3, -0.25) is 0 Å². The van der Waals surface area contributed by atoms with Gasteiger partial charge in [0.05, 0.1) is 5.60 Å². The minimum absolute atomic E-state index is 0.123. The van der Waals surface area contributed by atoms with E-state index in [1.807, 2.05) is 19.1 Å². The zero-order valence-electron chi connectivity index (χ0n) is 17.9. The molecule has 0 saturated carbocycles. The maximum absolute atomic E-state index is 13.4. The van der Waals surface area contributed by atoms with Crippen molar-refractivity contribution in [2.75, 3.05) is 0 Å². The van der Waals surface area contributed by atoms with E-state index in [9.17, 15) is 31.4 Å². The summed E-state index contributed by atoms with van der Waals surface area (Å²) >= 11 is 0. The number of hydrogen-bond donors (Lipinski definition) is 1. The number of halogens is 6. The lowest BCUT2D eigenvalue weighted by molar-refractivity contribution is -0.397. The Bertz CT molecular complexity index is 897. The van der Waals surface area contributed by atoms with Crippen molar-refractivity contribution >= 4 is 11.6 Å². The second kappa shape index (κ2) is 8.62. The standard InChI is InChI=1S/C23H28F6O2/c1-6-16-13-17-11-9-10-12-18(17)19(14(16)4)20(7-2,8-3)31-15(5)21(30,22(24,25)26)23(27,28)29/h6,9-16,30H,1,7-8H2,2-5H3. The summed E-state index contributed by atoms with van der Waals surface area (Å²) in [5, 5.41) is 11.4. The Morgan fingerprint density at radius 1 is 1.06 bits per heavy atom. The van der Waals surface area contributed by atoms with Crippen LogP contribution >= 0.6 is 0 Å². The van der Waals surface area contributed by atoms with Gasteiger partial charge in [0, 0.05) is 5.92 Å². The molecular weight excluding hydrogens is 422 g/mol. The van der Waals surface area contributed by atoms with E-state index < -0.39 is 29.7 Å². The molecule has 0 radical (unpaired) electrons. The van der Waals surface area contributed by atoms with Gasteiger partial charge in [-0.15, -0.1) is 6.58 Å². The quantitative estimate of drug-likeness (QED) is 0.474. The SMILES string of the molecule is C=CC1C=c2ccccc2=C(C(CC)(CC)OC(C)C(O)(C(F)(F)F)C(F)(F)F)C1C. The molecule has 174 valence electrons. The molecular formula is C23H28F6O2. The maximum atomic E-state index is 13.4. The van der Waals surface area contributed by atoms with Crippen LogP contribution in [0.25, 0.3) is 11.6 Å². The summed E-state index contributed by atoms with van der Waals surface area (Å²) < 4.78 is 86.2. The van der Waals surface area contributed by atoms with Crippen LogP contribution in [-0.2, 0) is 4.74 Å². The summed E-state index contributed by atoms with van der Waals surface area (Å²) in [4.78, 5) is 0. The summed E-state index contributed by atoms with van der Waals surface area (Å²) in [6.07, 6.45) is -10.6. The average molecular weight is 450 g/mol. The van der Waals surface area contributed by atoms with Crippen LogP contribution in [-0.4, -0.2) is 34.8 Å². The summed E-state index contributed by atoms with van der Waals surface area (Å²) in [5.74, 6) is -0.449. The predicted molar refractivity (Wildman–Crippen MR) is 107 cm³/mol. The van der Waals surface area contributed by atoms with Crippen molar-refractivity contribution in [1.82, 2.24) is 0 Å². The number of alkyl halides is 6. The Balaban J connectivity index is 2.74. The van der Waals surface area contributed by atoms with Crippen molar-refractivity contribution in [2.24, 2.45) is 11.8 Å². The molecule has 8 heteroatoms. The van der Waals surface area contributed by atoms with Crippen LogP contribution < -0.4 is 10.4 Å². The molecule has 1 aromatic carbocycles. The van der Waals surface area contributed by atoms with E-state index in [0.29, 0.717) is 17.7 Å². The highest BCUT2D eigenvalue weighted by atomic mass is 19.4. The van der Waals surface area contributed by atoms with Crippen LogP contribution in [0.2, 0.25) is 0 Å². The number of ether oxygens (including phenoxy) is 1. The number of fused-ring (bicyclic) bond motifs is 1. The largest absolute Gasteiger partial charge is 0.428 e. The molecule has 0 heterocycles. The molecule has 1 aliphatic rings. The van der Waals surface area contributed by atoms with Gasteiger partial charge in [-0.1, -0.05) is 57.2 Å². The van der Waals surface area contributed by atoms with E-state index in [2.05, 4.69) is 6.58 Å². The second-order valence-electron chi connectivity index (χ2n) is 7.99. The van der Waals surface area contributed by atoms with Crippen LogP contribution in [0.3, 0.4) is 0 Å². The lowest BCUT2D eigenvalue weighted by Crippen LogP contribution is -2.65. The molecule has 31 heavy (non-hydrogen) atoms. The molecule has 3 atom stereocenters. The first kappa shape index (κ1) is 25.5. The van der Waals surface area contributed by atoms with Crippen molar-refractivity contribution in [1.29, 1.82) is 0 Å². The van der Waals surface area contributed by atoms with Crippen molar-refractivity contribution < 1.29 is 36.2 Å². The van der Waals surface area contributed by atoms with Crippen LogP contribution in [0.4, 0.5) is 26.3 Å². The third-order valence-electron chi connectivity index (χ3n) is 6.42. The van der Waals surface area contributed by atoms with E-state index >= 15 is 0 Å². The molecule has 0 fully saturated rings. The van der Waals surface area contributed by atoms with E-state index in [-0.39, 0.29) is 24.7 Å². The molecule has 0 aliphatic heterocycles. The Kier molecular flexibility index (Phi) is 7.08. The smallest absolute Gasteiger partial charge is 0.372 e. The van der Waals surface area contributed by atoms with Gasteiger partial charge in [0.25, 0.3) is 5.60 Å². The molecule has 3 unspecified atom stereocenters. The molecule has 0 amide bonds. The van der Waals surface area contributed by atoms with Crippen molar-refractivity contribution in [3.8, 4) is 0 Å². The number of rotatable bonds is 7. The molecule has 2 nitrogen and oxygen atoms in total. The minimum Gasteiger partial charge on any atom is -0.372 e. The second-order valence-corrected chi connectivity index (χ2v) is 7.99. The first-order valence-corrected chi connectivity index (χ1v) is 10.2. The maximum Gasteiger partial charge on any atom is 0.428 e. The zero-order chi connectivity index (χ0) is 23.8. The van der Waals surface area contributed by atoms with Gasteiger partial charge in [0.1, 0.15) is 6.10 Å². The van der Waals surface area contributed by atoms with Crippen LogP contribution in [0, 0.1) is 11.8 Å². The Morgan fingerprint density at radius 2 is 1.58 bits per heavy atom. The Labute approximate surface area is 177 Å². The molecule has 2 rings (SSSR count). The van der Waals surface area contributed by atoms with Gasteiger partial charge >= 0.3 is 12.4 Å². The number of benzene rings is 1. The fourth-order valence-electron chi connectivity index (χ4n) is 4.52. The molecule has 1 N–H and O–H groups in total. The van der Waals surface area contributed by atoms with E-state index in [4.69, 9.17) is 4.74 Å². The lowest BCUT2D eigenvalue weighted by atomic mass is 9.72. The fourth-order valence-corrected chi connectivity index (χ4v) is 4.52. The van der Waals surface area contributed by atoms with E-state index in [1.165, 1.54) is 0 Å². The molecule has 0 bridgehead atoms. The molecule has 0 saturated heterocycles. The van der Waals surface area contributed by atoms with Crippen LogP contribution in [0.15, 0.2) is 36.9 Å². The van der Waals surface area contributed by atoms with Crippen molar-refractivity contribution in [3.05, 3.63) is 47.4 Å². The van der Waals surface area contributed by atoms with E-state index in [0.717, 1.165) is 5.22 Å². The van der Waals surface area contributed by atoms with Gasteiger partial charge < -0.3 is 9.84 Å². The van der Waals surface area contributed by atoms with Crippen LogP contribution in [0.1, 0.15) is 40.5 Å². The molecule has 0 spiro atoms. The summed E-state index contributed by atoms with van der Waals surface area (Å²) in [7, 11) is 0. The minimum atomic E-state index is -5.96. The van der Waals surface area contributed by atoms with Crippen molar-refractivity contribution in [2.45, 2.75) is 70.2 Å². The van der Waals surface area contributed by atoms with Crippen molar-refractivity contribution in [3.63, 3.8) is 0 Å². The third-order valence-corrected chi connectivity index (χ3v) is 6.42. The first-order chi connectivity index (χ1) is 14.2. The van der Waals surface area contributed by atoms with Gasteiger partial charge in [0.15, 0.2) is 0 Å². The highest BCUT2D eigenvalue weighted by Gasteiger charge is 2.74. The number of aliphatic hydroxyl groups is 1. The normalized spacial score (nSPS) is 21.3. The van der Waals surface area contributed by atoms with Crippen LogP contribution in [0.5, 0.6) is 0 Å². The third kappa shape index (κ3) is 4.16. The average Bonchev–Trinajstić information content (AvgIpc) is 2.69.